The lowest BCUT2D eigenvalue weighted by Crippen LogP contribution is -2.32. The van der Waals surface area contributed by atoms with Crippen molar-refractivity contribution in [2.24, 2.45) is 0 Å². The van der Waals surface area contributed by atoms with E-state index in [0.717, 1.165) is 22.2 Å². The maximum atomic E-state index is 12.0. The van der Waals surface area contributed by atoms with Gasteiger partial charge in [0.2, 0.25) is 0 Å². The summed E-state index contributed by atoms with van der Waals surface area (Å²) in [6, 6.07) is 8.68. The van der Waals surface area contributed by atoms with Crippen molar-refractivity contribution in [2.45, 2.75) is 19.9 Å². The number of hydrogen-bond acceptors (Lipinski definition) is 4. The Hall–Kier alpha value is -1.88. The highest BCUT2D eigenvalue weighted by Crippen LogP contribution is 2.40. The minimum Gasteiger partial charge on any atom is -0.471 e. The highest BCUT2D eigenvalue weighted by atomic mass is 35.5. The van der Waals surface area contributed by atoms with E-state index in [2.05, 4.69) is 0 Å². The lowest BCUT2D eigenvalue weighted by Gasteiger charge is -2.31. The Labute approximate surface area is 164 Å². The van der Waals surface area contributed by atoms with Crippen molar-refractivity contribution in [1.82, 2.24) is 0 Å². The number of halogens is 3. The second-order valence-corrected chi connectivity index (χ2v) is 7.28. The van der Waals surface area contributed by atoms with Crippen LogP contribution in [0.4, 0.5) is 5.69 Å². The van der Waals surface area contributed by atoms with Gasteiger partial charge in [0.25, 0.3) is 0 Å². The summed E-state index contributed by atoms with van der Waals surface area (Å²) in [5.41, 5.74) is 2.63. The van der Waals surface area contributed by atoms with Crippen LogP contribution in [0.25, 0.3) is 11.0 Å². The zero-order valence-corrected chi connectivity index (χ0v) is 16.1. The van der Waals surface area contributed by atoms with Crippen molar-refractivity contribution in [1.29, 1.82) is 0 Å². The summed E-state index contributed by atoms with van der Waals surface area (Å²) < 4.78 is 11.4. The summed E-state index contributed by atoms with van der Waals surface area (Å²) in [7, 11) is 0. The summed E-state index contributed by atoms with van der Waals surface area (Å²) >= 11 is 18.6. The van der Waals surface area contributed by atoms with Gasteiger partial charge in [-0.3, -0.25) is 0 Å². The summed E-state index contributed by atoms with van der Waals surface area (Å²) in [5.74, 6) is 0.548. The number of nitrogens with zero attached hydrogens (tertiary/aromatic N) is 1. The van der Waals surface area contributed by atoms with Crippen molar-refractivity contribution in [3.8, 4) is 5.75 Å². The topological polar surface area (TPSA) is 42.7 Å². The molecule has 26 heavy (non-hydrogen) atoms. The van der Waals surface area contributed by atoms with E-state index in [0.29, 0.717) is 46.1 Å². The Balaban J connectivity index is 1.87. The molecule has 4 rings (SSSR count). The smallest absolute Gasteiger partial charge is 0.336 e. The van der Waals surface area contributed by atoms with Gasteiger partial charge in [-0.25, -0.2) is 4.79 Å². The average molecular weight is 411 g/mol. The first kappa shape index (κ1) is 17.5. The summed E-state index contributed by atoms with van der Waals surface area (Å²) in [5, 5.41) is 2.28. The van der Waals surface area contributed by atoms with Crippen LogP contribution in [0.15, 0.2) is 39.5 Å². The molecule has 0 radical (unpaired) electrons. The molecule has 0 N–H and O–H groups in total. The predicted molar refractivity (Wildman–Crippen MR) is 105 cm³/mol. The standard InChI is InChI=1S/C19H14Cl3NO3/c1-2-10-5-17(24)26-18-12(10)7-16(22)19-13(18)8-23(9-25-19)11-3-4-14(20)15(21)6-11/h3-7H,2,8-9H2,1H3. The number of fused-ring (bicyclic) bond motifs is 3. The molecule has 1 aromatic heterocycles. The Morgan fingerprint density at radius 3 is 2.62 bits per heavy atom. The monoisotopic (exact) mass is 409 g/mol. The van der Waals surface area contributed by atoms with Crippen molar-refractivity contribution in [3.05, 3.63) is 66.9 Å². The molecule has 0 unspecified atom stereocenters. The predicted octanol–water partition coefficient (Wildman–Crippen LogP) is 5.67. The van der Waals surface area contributed by atoms with Gasteiger partial charge in [-0.15, -0.1) is 0 Å². The lowest BCUT2D eigenvalue weighted by atomic mass is 10.0. The van der Waals surface area contributed by atoms with Crippen LogP contribution in [0.3, 0.4) is 0 Å². The molecule has 134 valence electrons. The summed E-state index contributed by atoms with van der Waals surface area (Å²) in [6.07, 6.45) is 0.703. The Kier molecular flexibility index (Phi) is 4.51. The van der Waals surface area contributed by atoms with E-state index in [1.165, 1.54) is 6.07 Å². The van der Waals surface area contributed by atoms with Gasteiger partial charge in [0.15, 0.2) is 6.73 Å². The average Bonchev–Trinajstić information content (AvgIpc) is 2.64. The zero-order chi connectivity index (χ0) is 18.4. The SMILES string of the molecule is CCc1cc(=O)oc2c3c(c(Cl)cc12)OCN(c1ccc(Cl)c(Cl)c1)C3. The molecule has 0 saturated carbocycles. The molecule has 0 atom stereocenters. The largest absolute Gasteiger partial charge is 0.471 e. The zero-order valence-electron chi connectivity index (χ0n) is 13.8. The first-order chi connectivity index (χ1) is 12.5. The van der Waals surface area contributed by atoms with E-state index < -0.39 is 0 Å². The van der Waals surface area contributed by atoms with E-state index in [-0.39, 0.29) is 5.63 Å². The van der Waals surface area contributed by atoms with Crippen LogP contribution in [-0.4, -0.2) is 6.73 Å². The molecule has 4 nitrogen and oxygen atoms in total. The van der Waals surface area contributed by atoms with Crippen LogP contribution in [0.2, 0.25) is 15.1 Å². The lowest BCUT2D eigenvalue weighted by molar-refractivity contribution is 0.289. The molecular weight excluding hydrogens is 397 g/mol. The molecule has 2 aromatic carbocycles. The summed E-state index contributed by atoms with van der Waals surface area (Å²) in [4.78, 5) is 14.0. The van der Waals surface area contributed by atoms with Gasteiger partial charge in [-0.1, -0.05) is 41.7 Å². The first-order valence-electron chi connectivity index (χ1n) is 8.09. The highest BCUT2D eigenvalue weighted by molar-refractivity contribution is 6.42. The molecule has 0 aliphatic carbocycles. The molecule has 1 aliphatic heterocycles. The molecule has 0 bridgehead atoms. The maximum Gasteiger partial charge on any atom is 0.336 e. The van der Waals surface area contributed by atoms with E-state index in [9.17, 15) is 4.79 Å². The Bertz CT molecular complexity index is 1080. The number of anilines is 1. The van der Waals surface area contributed by atoms with Crippen LogP contribution in [0.1, 0.15) is 18.1 Å². The molecule has 3 aromatic rings. The van der Waals surface area contributed by atoms with E-state index >= 15 is 0 Å². The molecule has 0 fully saturated rings. The third-order valence-electron chi connectivity index (χ3n) is 4.48. The molecule has 1 aliphatic rings. The quantitative estimate of drug-likeness (QED) is 0.510. The molecule has 0 saturated heterocycles. The Morgan fingerprint density at radius 2 is 1.88 bits per heavy atom. The number of hydrogen-bond donors (Lipinski definition) is 0. The van der Waals surface area contributed by atoms with Crippen LogP contribution in [-0.2, 0) is 13.0 Å². The van der Waals surface area contributed by atoms with Crippen LogP contribution >= 0.6 is 34.8 Å². The van der Waals surface area contributed by atoms with Gasteiger partial charge in [0.05, 0.1) is 27.2 Å². The first-order valence-corrected chi connectivity index (χ1v) is 9.22. The van der Waals surface area contributed by atoms with Crippen LogP contribution in [0.5, 0.6) is 5.75 Å². The number of aryl methyl sites for hydroxylation is 1. The van der Waals surface area contributed by atoms with Crippen molar-refractivity contribution in [2.75, 3.05) is 11.6 Å². The van der Waals surface area contributed by atoms with Gasteiger partial charge in [0, 0.05) is 17.1 Å². The number of benzene rings is 2. The summed E-state index contributed by atoms with van der Waals surface area (Å²) in [6.45, 7) is 2.76. The number of rotatable bonds is 2. The third-order valence-corrected chi connectivity index (χ3v) is 5.50. The highest BCUT2D eigenvalue weighted by Gasteiger charge is 2.25. The second-order valence-electron chi connectivity index (χ2n) is 6.06. The fraction of sp³-hybridized carbons (Fsp3) is 0.211. The molecule has 7 heteroatoms. The maximum absolute atomic E-state index is 12.0. The van der Waals surface area contributed by atoms with Gasteiger partial charge in [-0.2, -0.15) is 0 Å². The Morgan fingerprint density at radius 1 is 1.08 bits per heavy atom. The van der Waals surface area contributed by atoms with Crippen molar-refractivity contribution in [3.63, 3.8) is 0 Å². The van der Waals surface area contributed by atoms with Crippen LogP contribution < -0.4 is 15.3 Å². The van der Waals surface area contributed by atoms with Gasteiger partial charge in [0.1, 0.15) is 11.3 Å². The second kappa shape index (κ2) is 6.69. The van der Waals surface area contributed by atoms with Gasteiger partial charge >= 0.3 is 5.63 Å². The van der Waals surface area contributed by atoms with Crippen molar-refractivity contribution >= 4 is 51.5 Å². The molecule has 0 amide bonds. The fourth-order valence-corrected chi connectivity index (χ4v) is 3.76. The van der Waals surface area contributed by atoms with Gasteiger partial charge < -0.3 is 14.1 Å². The van der Waals surface area contributed by atoms with E-state index in [1.54, 1.807) is 18.2 Å². The van der Waals surface area contributed by atoms with Crippen molar-refractivity contribution < 1.29 is 9.15 Å². The molecular formula is C19H14Cl3NO3. The van der Waals surface area contributed by atoms with Gasteiger partial charge in [-0.05, 0) is 36.2 Å². The molecule has 0 spiro atoms. The number of ether oxygens (including phenoxy) is 1. The minimum absolute atomic E-state index is 0.299. The third kappa shape index (κ3) is 2.92. The normalized spacial score (nSPS) is 13.6. The minimum atomic E-state index is -0.384. The fourth-order valence-electron chi connectivity index (χ4n) is 3.19. The van der Waals surface area contributed by atoms with E-state index in [1.807, 2.05) is 17.9 Å². The molecule has 2 heterocycles. The van der Waals surface area contributed by atoms with Crippen LogP contribution in [0, 0.1) is 0 Å². The van der Waals surface area contributed by atoms with E-state index in [4.69, 9.17) is 44.0 Å².